The largest absolute Gasteiger partial charge is 0.260 e. The van der Waals surface area contributed by atoms with E-state index in [0.717, 1.165) is 22.2 Å². The molecule has 0 N–H and O–H groups in total. The van der Waals surface area contributed by atoms with Crippen LogP contribution in [-0.4, -0.2) is 30.2 Å². The summed E-state index contributed by atoms with van der Waals surface area (Å²) in [7, 11) is 0. The van der Waals surface area contributed by atoms with Crippen LogP contribution < -0.4 is 0 Å². The second-order valence-electron chi connectivity index (χ2n) is 3.94. The van der Waals surface area contributed by atoms with Crippen LogP contribution in [0.5, 0.6) is 0 Å². The van der Waals surface area contributed by atoms with E-state index in [0.29, 0.717) is 0 Å². The number of aliphatic imine (C=N–C) groups is 1. The van der Waals surface area contributed by atoms with E-state index in [1.54, 1.807) is 0 Å². The first-order valence-electron chi connectivity index (χ1n) is 5.05. The Hall–Kier alpha value is -0.120. The van der Waals surface area contributed by atoms with Gasteiger partial charge in [0, 0.05) is 22.7 Å². The van der Waals surface area contributed by atoms with Crippen LogP contribution >= 0.6 is 35.1 Å². The average molecular weight is 272 g/mol. The molecule has 0 saturated carbocycles. The number of benzene rings is 1. The van der Waals surface area contributed by atoms with Crippen molar-refractivity contribution in [2.24, 2.45) is 4.99 Å². The molecule has 0 bridgehead atoms. The molecule has 0 aliphatic carbocycles. The van der Waals surface area contributed by atoms with Crippen LogP contribution in [0.2, 0.25) is 5.02 Å². The SMILES string of the molecule is CSCC1(CSC)C=Nc2ccc(Cl)cc21. The Bertz CT molecular complexity index is 411. The minimum atomic E-state index is 0.0685. The molecule has 1 heterocycles. The lowest BCUT2D eigenvalue weighted by Gasteiger charge is -2.26. The average Bonchev–Trinajstić information content (AvgIpc) is 2.59. The summed E-state index contributed by atoms with van der Waals surface area (Å²) in [6.45, 7) is 0. The third kappa shape index (κ3) is 2.13. The van der Waals surface area contributed by atoms with Gasteiger partial charge < -0.3 is 0 Å². The molecule has 86 valence electrons. The maximum Gasteiger partial charge on any atom is 0.0669 e. The molecule has 1 aliphatic rings. The quantitative estimate of drug-likeness (QED) is 0.820. The van der Waals surface area contributed by atoms with E-state index >= 15 is 0 Å². The lowest BCUT2D eigenvalue weighted by atomic mass is 9.86. The zero-order valence-corrected chi connectivity index (χ0v) is 11.8. The van der Waals surface area contributed by atoms with E-state index in [1.165, 1.54) is 5.56 Å². The summed E-state index contributed by atoms with van der Waals surface area (Å²) in [4.78, 5) is 4.52. The summed E-state index contributed by atoms with van der Waals surface area (Å²) >= 11 is 9.80. The van der Waals surface area contributed by atoms with E-state index in [9.17, 15) is 0 Å². The lowest BCUT2D eigenvalue weighted by molar-refractivity contribution is 0.783. The van der Waals surface area contributed by atoms with Crippen molar-refractivity contribution in [1.82, 2.24) is 0 Å². The van der Waals surface area contributed by atoms with Gasteiger partial charge >= 0.3 is 0 Å². The standard InChI is InChI=1S/C12H14ClNS2/c1-15-7-12(8-16-2)6-14-11-4-3-9(13)5-10(11)12/h3-6H,7-8H2,1-2H3. The number of hydrogen-bond donors (Lipinski definition) is 0. The Balaban J connectivity index is 2.44. The second-order valence-corrected chi connectivity index (χ2v) is 6.11. The van der Waals surface area contributed by atoms with Gasteiger partial charge in [0.15, 0.2) is 0 Å². The molecule has 0 radical (unpaired) electrons. The van der Waals surface area contributed by atoms with Gasteiger partial charge in [-0.25, -0.2) is 0 Å². The van der Waals surface area contributed by atoms with Crippen molar-refractivity contribution < 1.29 is 0 Å². The zero-order valence-electron chi connectivity index (χ0n) is 9.37. The first-order valence-corrected chi connectivity index (χ1v) is 8.21. The molecule has 0 unspecified atom stereocenters. The molecular weight excluding hydrogens is 258 g/mol. The van der Waals surface area contributed by atoms with Crippen molar-refractivity contribution in [2.75, 3.05) is 24.0 Å². The summed E-state index contributed by atoms with van der Waals surface area (Å²) in [6, 6.07) is 5.99. The molecular formula is C12H14ClNS2. The van der Waals surface area contributed by atoms with Gasteiger partial charge in [0.25, 0.3) is 0 Å². The maximum atomic E-state index is 6.08. The Morgan fingerprint density at radius 1 is 1.25 bits per heavy atom. The predicted molar refractivity (Wildman–Crippen MR) is 78.0 cm³/mol. The molecule has 16 heavy (non-hydrogen) atoms. The third-order valence-electron chi connectivity index (χ3n) is 2.75. The zero-order chi connectivity index (χ0) is 11.6. The number of fused-ring (bicyclic) bond motifs is 1. The van der Waals surface area contributed by atoms with E-state index in [4.69, 9.17) is 11.6 Å². The smallest absolute Gasteiger partial charge is 0.0669 e. The molecule has 0 amide bonds. The van der Waals surface area contributed by atoms with Crippen molar-refractivity contribution in [2.45, 2.75) is 5.41 Å². The Labute approximate surface area is 110 Å². The van der Waals surface area contributed by atoms with E-state index in [1.807, 2.05) is 35.7 Å². The van der Waals surface area contributed by atoms with Gasteiger partial charge in [-0.1, -0.05) is 11.6 Å². The fourth-order valence-electron chi connectivity index (χ4n) is 2.07. The minimum Gasteiger partial charge on any atom is -0.260 e. The fraction of sp³-hybridized carbons (Fsp3) is 0.417. The highest BCUT2D eigenvalue weighted by atomic mass is 35.5. The molecule has 0 spiro atoms. The van der Waals surface area contributed by atoms with Crippen LogP contribution in [0.3, 0.4) is 0 Å². The molecule has 0 atom stereocenters. The highest BCUT2D eigenvalue weighted by molar-refractivity contribution is 7.99. The van der Waals surface area contributed by atoms with Gasteiger partial charge in [-0.3, -0.25) is 4.99 Å². The Morgan fingerprint density at radius 3 is 2.56 bits per heavy atom. The molecule has 1 nitrogen and oxygen atoms in total. The lowest BCUT2D eigenvalue weighted by Crippen LogP contribution is -2.31. The van der Waals surface area contributed by atoms with Crippen LogP contribution in [0.15, 0.2) is 23.2 Å². The second kappa shape index (κ2) is 5.03. The number of nitrogens with zero attached hydrogens (tertiary/aromatic N) is 1. The normalized spacial score (nSPS) is 16.4. The Morgan fingerprint density at radius 2 is 1.94 bits per heavy atom. The van der Waals surface area contributed by atoms with Crippen LogP contribution in [0.4, 0.5) is 5.69 Å². The number of thioether (sulfide) groups is 2. The van der Waals surface area contributed by atoms with Crippen molar-refractivity contribution >= 4 is 47.0 Å². The van der Waals surface area contributed by atoms with Gasteiger partial charge in [-0.15, -0.1) is 0 Å². The third-order valence-corrected chi connectivity index (χ3v) is 4.59. The molecule has 0 fully saturated rings. The fourth-order valence-corrected chi connectivity index (χ4v) is 4.06. The summed E-state index contributed by atoms with van der Waals surface area (Å²) in [5.74, 6) is 2.12. The molecule has 1 aromatic rings. The van der Waals surface area contributed by atoms with Gasteiger partial charge in [0.2, 0.25) is 0 Å². The van der Waals surface area contributed by atoms with Gasteiger partial charge in [-0.05, 0) is 36.3 Å². The first kappa shape index (κ1) is 12.3. The van der Waals surface area contributed by atoms with Crippen molar-refractivity contribution in [3.63, 3.8) is 0 Å². The molecule has 1 aromatic carbocycles. The summed E-state index contributed by atoms with van der Waals surface area (Å²) in [5, 5.41) is 0.802. The minimum absolute atomic E-state index is 0.0685. The highest BCUT2D eigenvalue weighted by Crippen LogP contribution is 2.41. The summed E-state index contributed by atoms with van der Waals surface area (Å²) < 4.78 is 0. The van der Waals surface area contributed by atoms with Crippen LogP contribution in [-0.2, 0) is 5.41 Å². The van der Waals surface area contributed by atoms with E-state index in [2.05, 4.69) is 29.8 Å². The molecule has 0 aromatic heterocycles. The van der Waals surface area contributed by atoms with Crippen LogP contribution in [0.1, 0.15) is 5.56 Å². The molecule has 4 heteroatoms. The monoisotopic (exact) mass is 271 g/mol. The summed E-state index contributed by atoms with van der Waals surface area (Å²) in [5.41, 5.74) is 2.43. The number of rotatable bonds is 4. The number of hydrogen-bond acceptors (Lipinski definition) is 3. The van der Waals surface area contributed by atoms with Crippen molar-refractivity contribution in [1.29, 1.82) is 0 Å². The predicted octanol–water partition coefficient (Wildman–Crippen LogP) is 4.02. The van der Waals surface area contributed by atoms with Crippen LogP contribution in [0, 0.1) is 0 Å². The molecule has 1 aliphatic heterocycles. The first-order chi connectivity index (χ1) is 7.72. The van der Waals surface area contributed by atoms with E-state index < -0.39 is 0 Å². The van der Waals surface area contributed by atoms with E-state index in [-0.39, 0.29) is 5.41 Å². The van der Waals surface area contributed by atoms with Crippen LogP contribution in [0.25, 0.3) is 0 Å². The highest BCUT2D eigenvalue weighted by Gasteiger charge is 2.35. The van der Waals surface area contributed by atoms with Crippen molar-refractivity contribution in [3.05, 3.63) is 28.8 Å². The number of halogens is 1. The topological polar surface area (TPSA) is 12.4 Å². The van der Waals surface area contributed by atoms with Crippen molar-refractivity contribution in [3.8, 4) is 0 Å². The van der Waals surface area contributed by atoms with Gasteiger partial charge in [0.1, 0.15) is 0 Å². The molecule has 0 saturated heterocycles. The van der Waals surface area contributed by atoms with Gasteiger partial charge in [0.05, 0.1) is 11.1 Å². The summed E-state index contributed by atoms with van der Waals surface area (Å²) in [6.07, 6.45) is 6.37. The maximum absolute atomic E-state index is 6.08. The van der Waals surface area contributed by atoms with Gasteiger partial charge in [-0.2, -0.15) is 23.5 Å². The molecule has 2 rings (SSSR count). The Kier molecular flexibility index (Phi) is 3.88.